The summed E-state index contributed by atoms with van der Waals surface area (Å²) in [5.41, 5.74) is -0.174. The first-order chi connectivity index (χ1) is 6.79. The predicted molar refractivity (Wildman–Crippen MR) is 60.9 cm³/mol. The van der Waals surface area contributed by atoms with Crippen molar-refractivity contribution in [2.45, 2.75) is 0 Å². The number of hydrogen-bond donors (Lipinski definition) is 1. The van der Waals surface area contributed by atoms with Crippen molar-refractivity contribution in [1.82, 2.24) is 4.72 Å². The van der Waals surface area contributed by atoms with E-state index in [9.17, 15) is 18.3 Å². The highest BCUT2D eigenvalue weighted by molar-refractivity contribution is 14.1. The smallest absolute Gasteiger partial charge is 0.264 e. The average Bonchev–Trinajstić information content (AvgIpc) is 2.06. The van der Waals surface area contributed by atoms with Gasteiger partial charge < -0.3 is 5.11 Å². The van der Waals surface area contributed by atoms with Gasteiger partial charge in [0.25, 0.3) is 5.91 Å². The fourth-order valence-electron chi connectivity index (χ4n) is 0.903. The summed E-state index contributed by atoms with van der Waals surface area (Å²) in [7, 11) is -3.64. The SMILES string of the molecule is CS(=O)(=O)NC(=O)c1cc(I)ccc1[O-]. The normalized spacial score (nSPS) is 11.1. The third-order valence-electron chi connectivity index (χ3n) is 1.46. The molecule has 1 rings (SSSR count). The van der Waals surface area contributed by atoms with Crippen molar-refractivity contribution in [2.24, 2.45) is 0 Å². The van der Waals surface area contributed by atoms with Gasteiger partial charge in [0, 0.05) is 9.13 Å². The Morgan fingerprint density at radius 3 is 2.60 bits per heavy atom. The lowest BCUT2D eigenvalue weighted by Crippen LogP contribution is -2.30. The van der Waals surface area contributed by atoms with Crippen LogP contribution in [0, 0.1) is 3.57 Å². The summed E-state index contributed by atoms with van der Waals surface area (Å²) in [6, 6.07) is 4.10. The van der Waals surface area contributed by atoms with Crippen molar-refractivity contribution < 1.29 is 18.3 Å². The minimum Gasteiger partial charge on any atom is -0.872 e. The van der Waals surface area contributed by atoms with Crippen molar-refractivity contribution in [3.05, 3.63) is 27.3 Å². The standard InChI is InChI=1S/C8H8INO4S/c1-15(13,14)10-8(12)6-4-5(9)2-3-7(6)11/h2-4,11H,1H3,(H,10,12)/p-1. The molecule has 0 unspecified atom stereocenters. The second-order valence-corrected chi connectivity index (χ2v) is 5.84. The van der Waals surface area contributed by atoms with Crippen LogP contribution in [0.2, 0.25) is 0 Å². The Kier molecular flexibility index (Phi) is 3.55. The molecule has 0 aliphatic heterocycles. The third kappa shape index (κ3) is 3.67. The summed E-state index contributed by atoms with van der Waals surface area (Å²) in [5, 5.41) is 11.2. The molecule has 15 heavy (non-hydrogen) atoms. The molecule has 0 bridgehead atoms. The van der Waals surface area contributed by atoms with Crippen molar-refractivity contribution in [3.63, 3.8) is 0 Å². The Morgan fingerprint density at radius 1 is 1.47 bits per heavy atom. The zero-order valence-corrected chi connectivity index (χ0v) is 10.6. The number of carbonyl (C=O) groups excluding carboxylic acids is 1. The van der Waals surface area contributed by atoms with E-state index in [4.69, 9.17) is 0 Å². The van der Waals surface area contributed by atoms with Gasteiger partial charge in [-0.3, -0.25) is 4.79 Å². The molecule has 0 atom stereocenters. The van der Waals surface area contributed by atoms with Crippen LogP contribution in [-0.2, 0) is 10.0 Å². The van der Waals surface area contributed by atoms with E-state index in [-0.39, 0.29) is 5.56 Å². The van der Waals surface area contributed by atoms with Gasteiger partial charge in [-0.2, -0.15) is 0 Å². The van der Waals surface area contributed by atoms with Gasteiger partial charge >= 0.3 is 0 Å². The summed E-state index contributed by atoms with van der Waals surface area (Å²) in [4.78, 5) is 11.3. The molecule has 0 aliphatic rings. The number of amides is 1. The summed E-state index contributed by atoms with van der Waals surface area (Å²) >= 11 is 1.92. The van der Waals surface area contributed by atoms with E-state index < -0.39 is 21.7 Å². The van der Waals surface area contributed by atoms with Crippen molar-refractivity contribution in [3.8, 4) is 5.75 Å². The van der Waals surface area contributed by atoms with Crippen LogP contribution in [0.25, 0.3) is 0 Å². The van der Waals surface area contributed by atoms with Gasteiger partial charge in [-0.15, -0.1) is 0 Å². The maximum Gasteiger partial charge on any atom is 0.264 e. The summed E-state index contributed by atoms with van der Waals surface area (Å²) in [6.07, 6.45) is 0.850. The predicted octanol–water partition coefficient (Wildman–Crippen LogP) is 0.0542. The third-order valence-corrected chi connectivity index (χ3v) is 2.69. The number of benzene rings is 1. The van der Waals surface area contributed by atoms with Gasteiger partial charge in [-0.1, -0.05) is 11.8 Å². The van der Waals surface area contributed by atoms with E-state index in [1.807, 2.05) is 22.6 Å². The number of hydrogen-bond acceptors (Lipinski definition) is 4. The number of rotatable bonds is 2. The molecular formula is C8H7INO4S-. The zero-order chi connectivity index (χ0) is 11.6. The average molecular weight is 340 g/mol. The molecule has 1 amide bonds. The molecule has 0 radical (unpaired) electrons. The van der Waals surface area contributed by atoms with Crippen molar-refractivity contribution in [1.29, 1.82) is 0 Å². The molecule has 0 saturated carbocycles. The number of sulfonamides is 1. The van der Waals surface area contributed by atoms with Gasteiger partial charge in [0.2, 0.25) is 10.0 Å². The first-order valence-corrected chi connectivity index (χ1v) is 6.75. The molecule has 0 fully saturated rings. The van der Waals surface area contributed by atoms with Crippen LogP contribution in [0.1, 0.15) is 10.4 Å². The van der Waals surface area contributed by atoms with Crippen LogP contribution in [0.3, 0.4) is 0 Å². The number of carbonyl (C=O) groups is 1. The van der Waals surface area contributed by atoms with Crippen molar-refractivity contribution >= 4 is 38.5 Å². The molecule has 0 aromatic heterocycles. The molecule has 1 N–H and O–H groups in total. The molecule has 5 nitrogen and oxygen atoms in total. The van der Waals surface area contributed by atoms with Gasteiger partial charge in [-0.05, 0) is 34.7 Å². The minimum absolute atomic E-state index is 0.174. The van der Waals surface area contributed by atoms with Gasteiger partial charge in [0.15, 0.2) is 0 Å². The highest BCUT2D eigenvalue weighted by Crippen LogP contribution is 2.16. The molecule has 7 heteroatoms. The largest absolute Gasteiger partial charge is 0.872 e. The van der Waals surface area contributed by atoms with Crippen LogP contribution in [0.15, 0.2) is 18.2 Å². The number of nitrogens with one attached hydrogen (secondary N) is 1. The Hall–Kier alpha value is -0.830. The lowest BCUT2D eigenvalue weighted by molar-refractivity contribution is -0.268. The fraction of sp³-hybridized carbons (Fsp3) is 0.125. The molecule has 1 aromatic carbocycles. The summed E-state index contributed by atoms with van der Waals surface area (Å²) < 4.78 is 24.0. The zero-order valence-electron chi connectivity index (χ0n) is 7.65. The van der Waals surface area contributed by atoms with E-state index in [1.165, 1.54) is 12.1 Å². The first-order valence-electron chi connectivity index (χ1n) is 3.78. The topological polar surface area (TPSA) is 86.3 Å². The maximum atomic E-state index is 11.3. The molecular weight excluding hydrogens is 333 g/mol. The van der Waals surface area contributed by atoms with Crippen LogP contribution < -0.4 is 9.83 Å². The molecule has 0 heterocycles. The van der Waals surface area contributed by atoms with Crippen molar-refractivity contribution in [2.75, 3.05) is 6.26 Å². The lowest BCUT2D eigenvalue weighted by atomic mass is 10.2. The molecule has 82 valence electrons. The Bertz CT molecular complexity index is 497. The van der Waals surface area contributed by atoms with Gasteiger partial charge in [0.1, 0.15) is 0 Å². The van der Waals surface area contributed by atoms with Crippen LogP contribution in [-0.4, -0.2) is 20.6 Å². The maximum absolute atomic E-state index is 11.3. The highest BCUT2D eigenvalue weighted by Gasteiger charge is 2.11. The Balaban J connectivity index is 3.06. The monoisotopic (exact) mass is 340 g/mol. The summed E-state index contributed by atoms with van der Waals surface area (Å²) in [5.74, 6) is -1.41. The molecule has 1 aromatic rings. The van der Waals surface area contributed by atoms with E-state index >= 15 is 0 Å². The van der Waals surface area contributed by atoms with E-state index in [2.05, 4.69) is 0 Å². The Morgan fingerprint density at radius 2 is 2.07 bits per heavy atom. The second-order valence-electron chi connectivity index (χ2n) is 2.84. The van der Waals surface area contributed by atoms with E-state index in [0.29, 0.717) is 3.57 Å². The van der Waals surface area contributed by atoms with Gasteiger partial charge in [-0.25, -0.2) is 13.1 Å². The summed E-state index contributed by atoms with van der Waals surface area (Å²) in [6.45, 7) is 0. The van der Waals surface area contributed by atoms with Crippen LogP contribution in [0.4, 0.5) is 0 Å². The molecule has 0 aliphatic carbocycles. The Labute approximate surface area is 101 Å². The van der Waals surface area contributed by atoms with E-state index in [0.717, 1.165) is 6.26 Å². The molecule has 0 saturated heterocycles. The van der Waals surface area contributed by atoms with E-state index in [1.54, 1.807) is 10.8 Å². The fourth-order valence-corrected chi connectivity index (χ4v) is 1.84. The number of halogens is 1. The quantitative estimate of drug-likeness (QED) is 0.771. The molecule has 0 spiro atoms. The lowest BCUT2D eigenvalue weighted by Gasteiger charge is -2.12. The van der Waals surface area contributed by atoms with Crippen LogP contribution in [0.5, 0.6) is 5.75 Å². The van der Waals surface area contributed by atoms with Gasteiger partial charge in [0.05, 0.1) is 6.26 Å². The second kappa shape index (κ2) is 4.35. The van der Waals surface area contributed by atoms with Crippen LogP contribution >= 0.6 is 22.6 Å². The highest BCUT2D eigenvalue weighted by atomic mass is 127. The minimum atomic E-state index is -3.64. The first kappa shape index (κ1) is 12.2.